The van der Waals surface area contributed by atoms with Gasteiger partial charge in [-0.15, -0.1) is 11.8 Å². The third-order valence-corrected chi connectivity index (χ3v) is 4.26. The molecule has 1 heterocycles. The van der Waals surface area contributed by atoms with E-state index >= 15 is 0 Å². The number of piperidine rings is 1. The van der Waals surface area contributed by atoms with E-state index in [-0.39, 0.29) is 0 Å². The van der Waals surface area contributed by atoms with Crippen LogP contribution in [0.1, 0.15) is 31.7 Å². The highest BCUT2D eigenvalue weighted by Crippen LogP contribution is 2.17. The number of hydrogen-bond donors (Lipinski definition) is 2. The lowest BCUT2D eigenvalue weighted by Gasteiger charge is -2.23. The van der Waals surface area contributed by atoms with Crippen molar-refractivity contribution in [2.24, 2.45) is 0 Å². The smallest absolute Gasteiger partial charge is 0.0206 e. The Kier molecular flexibility index (Phi) is 6.05. The molecule has 0 spiro atoms. The third kappa shape index (κ3) is 4.63. The molecule has 0 saturated carbocycles. The van der Waals surface area contributed by atoms with Crippen LogP contribution in [-0.2, 0) is 6.54 Å². The third-order valence-electron chi connectivity index (χ3n) is 3.37. The van der Waals surface area contributed by atoms with E-state index in [2.05, 4.69) is 41.8 Å². The van der Waals surface area contributed by atoms with E-state index in [4.69, 9.17) is 0 Å². The van der Waals surface area contributed by atoms with E-state index in [9.17, 15) is 0 Å². The lowest BCUT2D eigenvalue weighted by Crippen LogP contribution is -2.41. The highest BCUT2D eigenvalue weighted by atomic mass is 32.2. The summed E-state index contributed by atoms with van der Waals surface area (Å²) >= 11 is 1.90. The molecular formula is C15H24N2S. The van der Waals surface area contributed by atoms with Gasteiger partial charge in [-0.1, -0.05) is 25.5 Å². The molecule has 1 aromatic rings. The van der Waals surface area contributed by atoms with Gasteiger partial charge in [-0.3, -0.25) is 0 Å². The van der Waals surface area contributed by atoms with Gasteiger partial charge in [-0.2, -0.15) is 0 Å². The average Bonchev–Trinajstić information content (AvgIpc) is 2.42. The maximum Gasteiger partial charge on any atom is 0.0206 e. The van der Waals surface area contributed by atoms with Gasteiger partial charge >= 0.3 is 0 Å². The van der Waals surface area contributed by atoms with E-state index in [1.54, 1.807) is 0 Å². The van der Waals surface area contributed by atoms with Crippen LogP contribution in [0.5, 0.6) is 0 Å². The van der Waals surface area contributed by atoms with Crippen LogP contribution in [0.3, 0.4) is 0 Å². The van der Waals surface area contributed by atoms with Crippen LogP contribution >= 0.6 is 11.8 Å². The second-order valence-electron chi connectivity index (χ2n) is 4.85. The zero-order valence-electron chi connectivity index (χ0n) is 11.2. The monoisotopic (exact) mass is 264 g/mol. The fourth-order valence-corrected chi connectivity index (χ4v) is 3.02. The predicted octanol–water partition coefficient (Wildman–Crippen LogP) is 3.03. The first-order valence-corrected chi connectivity index (χ1v) is 8.03. The van der Waals surface area contributed by atoms with Crippen LogP contribution in [0, 0.1) is 0 Å². The van der Waals surface area contributed by atoms with Crippen LogP contribution in [-0.4, -0.2) is 24.9 Å². The second kappa shape index (κ2) is 7.82. The number of thioether (sulfide) groups is 1. The minimum absolute atomic E-state index is 0.675. The second-order valence-corrected chi connectivity index (χ2v) is 6.19. The molecule has 3 heteroatoms. The van der Waals surface area contributed by atoms with Crippen molar-refractivity contribution in [1.29, 1.82) is 0 Å². The van der Waals surface area contributed by atoms with Crippen molar-refractivity contribution in [1.82, 2.24) is 10.6 Å². The highest BCUT2D eigenvalue weighted by Gasteiger charge is 2.11. The Labute approximate surface area is 115 Å². The van der Waals surface area contributed by atoms with E-state index < -0.39 is 0 Å². The summed E-state index contributed by atoms with van der Waals surface area (Å²) in [7, 11) is 0. The summed E-state index contributed by atoms with van der Waals surface area (Å²) in [5.74, 6) is 1.14. The zero-order chi connectivity index (χ0) is 12.6. The Morgan fingerprint density at radius 1 is 1.28 bits per heavy atom. The van der Waals surface area contributed by atoms with Gasteiger partial charge in [-0.05, 0) is 42.8 Å². The maximum absolute atomic E-state index is 3.57. The number of hydrogen-bond acceptors (Lipinski definition) is 3. The van der Waals surface area contributed by atoms with Crippen molar-refractivity contribution in [2.75, 3.05) is 18.8 Å². The summed E-state index contributed by atoms with van der Waals surface area (Å²) in [4.78, 5) is 1.37. The molecule has 1 fully saturated rings. The van der Waals surface area contributed by atoms with Gasteiger partial charge in [0.25, 0.3) is 0 Å². The first kappa shape index (κ1) is 13.9. The fraction of sp³-hybridized carbons (Fsp3) is 0.600. The predicted molar refractivity (Wildman–Crippen MR) is 80.2 cm³/mol. The summed E-state index contributed by atoms with van der Waals surface area (Å²) in [5.41, 5.74) is 1.38. The lowest BCUT2D eigenvalue weighted by atomic mass is 10.1. The van der Waals surface area contributed by atoms with Crippen molar-refractivity contribution in [3.63, 3.8) is 0 Å². The molecule has 0 radical (unpaired) electrons. The Morgan fingerprint density at radius 2 is 2.11 bits per heavy atom. The van der Waals surface area contributed by atoms with Crippen molar-refractivity contribution in [3.05, 3.63) is 29.8 Å². The molecule has 1 unspecified atom stereocenters. The molecule has 1 aliphatic heterocycles. The van der Waals surface area contributed by atoms with Crippen molar-refractivity contribution >= 4 is 11.8 Å². The molecule has 2 rings (SSSR count). The van der Waals surface area contributed by atoms with E-state index in [1.165, 1.54) is 36.3 Å². The molecule has 2 nitrogen and oxygen atoms in total. The average molecular weight is 264 g/mol. The molecule has 0 aromatic heterocycles. The number of rotatable bonds is 6. The van der Waals surface area contributed by atoms with Crippen LogP contribution < -0.4 is 10.6 Å². The number of benzene rings is 1. The van der Waals surface area contributed by atoms with Crippen molar-refractivity contribution in [3.8, 4) is 0 Å². The molecule has 0 aliphatic carbocycles. The van der Waals surface area contributed by atoms with Gasteiger partial charge in [0.15, 0.2) is 0 Å². The quantitative estimate of drug-likeness (QED) is 0.772. The number of nitrogens with one attached hydrogen (secondary N) is 2. The molecular weight excluding hydrogens is 240 g/mol. The van der Waals surface area contributed by atoms with Crippen LogP contribution in [0.25, 0.3) is 0 Å². The molecule has 0 amide bonds. The molecule has 1 aliphatic rings. The van der Waals surface area contributed by atoms with Gasteiger partial charge in [0, 0.05) is 24.0 Å². The molecule has 100 valence electrons. The van der Waals surface area contributed by atoms with Crippen LogP contribution in [0.15, 0.2) is 29.2 Å². The van der Waals surface area contributed by atoms with Crippen molar-refractivity contribution in [2.45, 2.75) is 43.7 Å². The summed E-state index contributed by atoms with van der Waals surface area (Å²) in [6, 6.07) is 9.60. The molecule has 0 bridgehead atoms. The standard InChI is InChI=1S/C15H24N2S/c1-2-18-15-8-6-13(7-9-15)11-16-12-14-5-3-4-10-17-14/h6-9,14,16-17H,2-5,10-12H2,1H3. The molecule has 18 heavy (non-hydrogen) atoms. The highest BCUT2D eigenvalue weighted by molar-refractivity contribution is 7.99. The molecule has 2 N–H and O–H groups in total. The summed E-state index contributed by atoms with van der Waals surface area (Å²) < 4.78 is 0. The van der Waals surface area contributed by atoms with Gasteiger partial charge in [0.2, 0.25) is 0 Å². The van der Waals surface area contributed by atoms with E-state index in [0.717, 1.165) is 18.8 Å². The zero-order valence-corrected chi connectivity index (χ0v) is 12.1. The van der Waals surface area contributed by atoms with E-state index in [0.29, 0.717) is 6.04 Å². The van der Waals surface area contributed by atoms with Gasteiger partial charge in [0.1, 0.15) is 0 Å². The maximum atomic E-state index is 3.57. The first-order valence-electron chi connectivity index (χ1n) is 7.04. The van der Waals surface area contributed by atoms with Gasteiger partial charge < -0.3 is 10.6 Å². The van der Waals surface area contributed by atoms with Crippen molar-refractivity contribution < 1.29 is 0 Å². The molecule has 1 saturated heterocycles. The Morgan fingerprint density at radius 3 is 2.78 bits per heavy atom. The van der Waals surface area contributed by atoms with Gasteiger partial charge in [0.05, 0.1) is 0 Å². The van der Waals surface area contributed by atoms with E-state index in [1.807, 2.05) is 11.8 Å². The minimum atomic E-state index is 0.675. The fourth-order valence-electron chi connectivity index (χ4n) is 2.36. The normalized spacial score (nSPS) is 19.9. The SMILES string of the molecule is CCSc1ccc(CNCC2CCCCN2)cc1. The molecule has 1 aromatic carbocycles. The topological polar surface area (TPSA) is 24.1 Å². The Balaban J connectivity index is 1.69. The Bertz CT molecular complexity index is 331. The largest absolute Gasteiger partial charge is 0.313 e. The van der Waals surface area contributed by atoms with Crippen LogP contribution in [0.2, 0.25) is 0 Å². The summed E-state index contributed by atoms with van der Waals surface area (Å²) in [6.07, 6.45) is 4.04. The summed E-state index contributed by atoms with van der Waals surface area (Å²) in [5, 5.41) is 7.12. The lowest BCUT2D eigenvalue weighted by molar-refractivity contribution is 0.383. The summed E-state index contributed by atoms with van der Waals surface area (Å²) in [6.45, 7) is 5.45. The minimum Gasteiger partial charge on any atom is -0.313 e. The van der Waals surface area contributed by atoms with Gasteiger partial charge in [-0.25, -0.2) is 0 Å². The van der Waals surface area contributed by atoms with Crippen LogP contribution in [0.4, 0.5) is 0 Å². The first-order chi connectivity index (χ1) is 8.88. The molecule has 1 atom stereocenters. The Hall–Kier alpha value is -0.510.